The van der Waals surface area contributed by atoms with Crippen LogP contribution in [0, 0.1) is 0 Å². The van der Waals surface area contributed by atoms with E-state index in [1.807, 2.05) is 24.3 Å². The van der Waals surface area contributed by atoms with Gasteiger partial charge in [0, 0.05) is 43.9 Å². The molecule has 1 aliphatic carbocycles. The zero-order valence-electron chi connectivity index (χ0n) is 31.0. The number of hydrogen-bond acceptors (Lipinski definition) is 2. The Bertz CT molecular complexity index is 3340. The van der Waals surface area contributed by atoms with Gasteiger partial charge in [0.05, 0.1) is 22.1 Å². The molecule has 4 nitrogen and oxygen atoms in total. The van der Waals surface area contributed by atoms with E-state index in [2.05, 4.69) is 175 Å². The molecule has 11 aromatic rings. The Labute approximate surface area is 323 Å². The Morgan fingerprint density at radius 1 is 0.464 bits per heavy atom. The molecule has 3 heterocycles. The number of aromatic nitrogens is 3. The van der Waals surface area contributed by atoms with Crippen LogP contribution in [-0.4, -0.2) is 14.1 Å². The molecule has 0 aliphatic heterocycles. The molecule has 0 spiro atoms. The molecule has 0 unspecified atom stereocenters. The van der Waals surface area contributed by atoms with Crippen LogP contribution in [0.5, 0.6) is 0 Å². The van der Waals surface area contributed by atoms with Gasteiger partial charge in [-0.1, -0.05) is 105 Å². The van der Waals surface area contributed by atoms with Crippen LogP contribution in [0.1, 0.15) is 25.0 Å². The van der Waals surface area contributed by atoms with Crippen molar-refractivity contribution in [2.45, 2.75) is 19.3 Å². The van der Waals surface area contributed by atoms with Gasteiger partial charge >= 0.3 is 0 Å². The highest BCUT2D eigenvalue weighted by molar-refractivity contribution is 6.16. The summed E-state index contributed by atoms with van der Waals surface area (Å²) in [7, 11) is 0. The third-order valence-corrected chi connectivity index (χ3v) is 12.1. The van der Waals surface area contributed by atoms with Crippen LogP contribution in [0.3, 0.4) is 0 Å². The molecular weight excluding hydrogens is 683 g/mol. The zero-order valence-corrected chi connectivity index (χ0v) is 31.0. The van der Waals surface area contributed by atoms with E-state index < -0.39 is 0 Å². The van der Waals surface area contributed by atoms with Crippen molar-refractivity contribution in [3.63, 3.8) is 0 Å². The molecule has 12 rings (SSSR count). The van der Waals surface area contributed by atoms with Crippen molar-refractivity contribution in [2.24, 2.45) is 0 Å². The highest BCUT2D eigenvalue weighted by Gasteiger charge is 2.38. The summed E-state index contributed by atoms with van der Waals surface area (Å²) in [6.45, 7) is 4.78. The van der Waals surface area contributed by atoms with Crippen LogP contribution in [0.2, 0.25) is 0 Å². The number of rotatable bonds is 4. The molecule has 3 aromatic heterocycles. The molecule has 0 saturated carbocycles. The lowest BCUT2D eigenvalue weighted by Crippen LogP contribution is -2.15. The van der Waals surface area contributed by atoms with Gasteiger partial charge in [0.1, 0.15) is 5.52 Å². The van der Waals surface area contributed by atoms with Crippen LogP contribution >= 0.6 is 0 Å². The van der Waals surface area contributed by atoms with E-state index in [4.69, 9.17) is 9.40 Å². The topological polar surface area (TPSA) is 35.9 Å². The second-order valence-corrected chi connectivity index (χ2v) is 15.6. The summed E-state index contributed by atoms with van der Waals surface area (Å²) in [5, 5.41) is 5.07. The van der Waals surface area contributed by atoms with Crippen LogP contribution in [0.25, 0.3) is 99.8 Å². The molecule has 1 aliphatic rings. The Morgan fingerprint density at radius 2 is 1.07 bits per heavy atom. The van der Waals surface area contributed by atoms with Crippen molar-refractivity contribution in [3.8, 4) is 45.1 Å². The number of benzene rings is 8. The number of oxazole rings is 1. The summed E-state index contributed by atoms with van der Waals surface area (Å²) < 4.78 is 10.9. The van der Waals surface area contributed by atoms with Gasteiger partial charge in [0.25, 0.3) is 0 Å². The average molecular weight is 718 g/mol. The normalized spacial score (nSPS) is 13.3. The summed E-state index contributed by atoms with van der Waals surface area (Å²) in [6, 6.07) is 63.6. The molecule has 0 radical (unpaired) electrons. The summed E-state index contributed by atoms with van der Waals surface area (Å²) in [6.07, 6.45) is 0. The molecule has 264 valence electrons. The standard InChI is InChI=1S/C52H35N3O/c1-52(2)42-16-8-6-14-37(42)39-26-29-47-49(50(39)52)41-31-34(23-28-46(41)55(47)35-12-4-3-5-13-35)33-22-27-45-40(30-33)38-15-7-10-18-44(38)54(45)36-24-20-32(21-25-36)51-53-43-17-9-11-19-48(43)56-51/h3-31H,1-2H3. The minimum absolute atomic E-state index is 0.140. The molecule has 56 heavy (non-hydrogen) atoms. The first-order valence-electron chi connectivity index (χ1n) is 19.3. The lowest BCUT2D eigenvalue weighted by molar-refractivity contribution is 0.620. The minimum atomic E-state index is -0.140. The van der Waals surface area contributed by atoms with Crippen molar-refractivity contribution < 1.29 is 4.42 Å². The predicted octanol–water partition coefficient (Wildman–Crippen LogP) is 13.7. The molecular formula is C52H35N3O. The third kappa shape index (κ3) is 4.32. The second-order valence-electron chi connectivity index (χ2n) is 15.6. The van der Waals surface area contributed by atoms with Gasteiger partial charge in [0.15, 0.2) is 5.58 Å². The van der Waals surface area contributed by atoms with Crippen LogP contribution in [0.4, 0.5) is 0 Å². The fourth-order valence-electron chi connectivity index (χ4n) is 9.60. The van der Waals surface area contributed by atoms with Gasteiger partial charge in [-0.2, -0.15) is 0 Å². The number of para-hydroxylation sites is 4. The van der Waals surface area contributed by atoms with Crippen molar-refractivity contribution >= 4 is 54.7 Å². The Balaban J connectivity index is 1.04. The molecule has 0 amide bonds. The maximum Gasteiger partial charge on any atom is 0.227 e. The monoisotopic (exact) mass is 717 g/mol. The van der Waals surface area contributed by atoms with Crippen molar-refractivity contribution in [2.75, 3.05) is 0 Å². The quantitative estimate of drug-likeness (QED) is 0.182. The molecule has 8 aromatic carbocycles. The Morgan fingerprint density at radius 3 is 1.89 bits per heavy atom. The van der Waals surface area contributed by atoms with Crippen molar-refractivity contribution in [1.29, 1.82) is 0 Å². The first-order chi connectivity index (χ1) is 27.5. The van der Waals surface area contributed by atoms with Crippen LogP contribution < -0.4 is 0 Å². The largest absolute Gasteiger partial charge is 0.436 e. The summed E-state index contributed by atoms with van der Waals surface area (Å²) in [4.78, 5) is 4.72. The first kappa shape index (κ1) is 31.2. The van der Waals surface area contributed by atoms with E-state index in [0.717, 1.165) is 22.4 Å². The number of hydrogen-bond donors (Lipinski definition) is 0. The molecule has 0 N–H and O–H groups in total. The van der Waals surface area contributed by atoms with E-state index >= 15 is 0 Å². The predicted molar refractivity (Wildman–Crippen MR) is 231 cm³/mol. The summed E-state index contributed by atoms with van der Waals surface area (Å²) >= 11 is 0. The third-order valence-electron chi connectivity index (χ3n) is 12.1. The van der Waals surface area contributed by atoms with Gasteiger partial charge in [-0.3, -0.25) is 0 Å². The van der Waals surface area contributed by atoms with Gasteiger partial charge in [-0.05, 0) is 118 Å². The Kier molecular flexibility index (Phi) is 6.37. The summed E-state index contributed by atoms with van der Waals surface area (Å²) in [5.74, 6) is 0.631. The van der Waals surface area contributed by atoms with E-state index in [0.29, 0.717) is 5.89 Å². The smallest absolute Gasteiger partial charge is 0.227 e. The maximum atomic E-state index is 6.08. The minimum Gasteiger partial charge on any atom is -0.436 e. The molecule has 0 bridgehead atoms. The molecule has 4 heteroatoms. The fourth-order valence-corrected chi connectivity index (χ4v) is 9.60. The lowest BCUT2D eigenvalue weighted by Gasteiger charge is -2.22. The average Bonchev–Trinajstić information content (AvgIpc) is 3.98. The molecule has 0 fully saturated rings. The van der Waals surface area contributed by atoms with Gasteiger partial charge in [-0.15, -0.1) is 0 Å². The van der Waals surface area contributed by atoms with E-state index in [1.54, 1.807) is 0 Å². The van der Waals surface area contributed by atoms with E-state index in [1.165, 1.54) is 82.7 Å². The maximum absolute atomic E-state index is 6.08. The van der Waals surface area contributed by atoms with Crippen LogP contribution in [0.15, 0.2) is 180 Å². The zero-order chi connectivity index (χ0) is 37.1. The highest BCUT2D eigenvalue weighted by atomic mass is 16.3. The van der Waals surface area contributed by atoms with Crippen LogP contribution in [-0.2, 0) is 5.41 Å². The van der Waals surface area contributed by atoms with Gasteiger partial charge in [0.2, 0.25) is 5.89 Å². The van der Waals surface area contributed by atoms with Gasteiger partial charge < -0.3 is 13.6 Å². The Hall–Kier alpha value is -7.17. The SMILES string of the molecule is CC1(C)c2ccccc2-c2ccc3c(c21)c1cc(-c2ccc4c(c2)c2ccccc2n4-c2ccc(-c4nc5ccccc5o4)cc2)ccc1n3-c1ccccc1. The second kappa shape index (κ2) is 11.4. The fraction of sp³-hybridized carbons (Fsp3) is 0.0577. The lowest BCUT2D eigenvalue weighted by atomic mass is 9.80. The molecule has 0 atom stereocenters. The van der Waals surface area contributed by atoms with E-state index in [9.17, 15) is 0 Å². The van der Waals surface area contributed by atoms with Gasteiger partial charge in [-0.25, -0.2) is 4.98 Å². The highest BCUT2D eigenvalue weighted by Crippen LogP contribution is 2.53. The molecule has 0 saturated heterocycles. The van der Waals surface area contributed by atoms with Crippen molar-refractivity contribution in [3.05, 3.63) is 187 Å². The number of fused-ring (bicyclic) bond motifs is 11. The summed E-state index contributed by atoms with van der Waals surface area (Å²) in [5.41, 5.74) is 17.4. The number of nitrogens with zero attached hydrogens (tertiary/aromatic N) is 3. The first-order valence-corrected chi connectivity index (χ1v) is 19.3. The van der Waals surface area contributed by atoms with E-state index in [-0.39, 0.29) is 5.41 Å². The van der Waals surface area contributed by atoms with Crippen molar-refractivity contribution in [1.82, 2.24) is 14.1 Å².